The van der Waals surface area contributed by atoms with Crippen LogP contribution in [0.25, 0.3) is 21.6 Å². The highest BCUT2D eigenvalue weighted by Crippen LogP contribution is 2.32. The number of anilines is 1. The van der Waals surface area contributed by atoms with Crippen LogP contribution in [-0.2, 0) is 6.18 Å². The van der Waals surface area contributed by atoms with Crippen LogP contribution in [0.15, 0.2) is 46.6 Å². The van der Waals surface area contributed by atoms with Gasteiger partial charge in [-0.15, -0.1) is 11.3 Å². The summed E-state index contributed by atoms with van der Waals surface area (Å²) < 4.78 is 44.4. The molecule has 0 bridgehead atoms. The second kappa shape index (κ2) is 8.14. The number of nitrogens with zero attached hydrogens (tertiary/aromatic N) is 6. The molecule has 7 nitrogen and oxygen atoms in total. The van der Waals surface area contributed by atoms with E-state index in [2.05, 4.69) is 29.9 Å². The lowest BCUT2D eigenvalue weighted by Gasteiger charge is -2.37. The van der Waals surface area contributed by atoms with Crippen molar-refractivity contribution in [2.75, 3.05) is 31.1 Å². The number of hydrogen-bond donors (Lipinski definition) is 0. The van der Waals surface area contributed by atoms with Crippen molar-refractivity contribution in [1.82, 2.24) is 25.0 Å². The van der Waals surface area contributed by atoms with Crippen LogP contribution in [0, 0.1) is 0 Å². The third kappa shape index (κ3) is 3.93. The summed E-state index contributed by atoms with van der Waals surface area (Å²) in [5.74, 6) is 1.47. The molecule has 1 aliphatic rings. The van der Waals surface area contributed by atoms with Gasteiger partial charge in [0, 0.05) is 31.7 Å². The van der Waals surface area contributed by atoms with Crippen LogP contribution >= 0.6 is 11.3 Å². The number of piperazine rings is 1. The van der Waals surface area contributed by atoms with Gasteiger partial charge in [-0.3, -0.25) is 4.90 Å². The molecule has 3 aromatic heterocycles. The quantitative estimate of drug-likeness (QED) is 0.439. The average molecular weight is 460 g/mol. The lowest BCUT2D eigenvalue weighted by Crippen LogP contribution is -2.47. The number of aromatic nitrogens is 4. The van der Waals surface area contributed by atoms with Gasteiger partial charge in [0.05, 0.1) is 17.0 Å². The largest absolute Gasteiger partial charge is 0.416 e. The topological polar surface area (TPSA) is 71.2 Å². The lowest BCUT2D eigenvalue weighted by atomic mass is 10.1. The maximum absolute atomic E-state index is 13.0. The summed E-state index contributed by atoms with van der Waals surface area (Å²) in [6.45, 7) is 5.04. The zero-order valence-corrected chi connectivity index (χ0v) is 17.9. The lowest BCUT2D eigenvalue weighted by molar-refractivity contribution is -0.137. The molecule has 1 fully saturated rings. The monoisotopic (exact) mass is 460 g/mol. The van der Waals surface area contributed by atoms with Gasteiger partial charge < -0.3 is 9.42 Å². The third-order valence-electron chi connectivity index (χ3n) is 5.65. The highest BCUT2D eigenvalue weighted by molar-refractivity contribution is 7.16. The molecule has 0 amide bonds. The summed E-state index contributed by atoms with van der Waals surface area (Å²) in [6, 6.07) is 6.82. The van der Waals surface area contributed by atoms with Crippen molar-refractivity contribution < 1.29 is 17.7 Å². The predicted molar refractivity (Wildman–Crippen MR) is 114 cm³/mol. The van der Waals surface area contributed by atoms with Gasteiger partial charge in [0.1, 0.15) is 17.0 Å². The van der Waals surface area contributed by atoms with Gasteiger partial charge in [-0.1, -0.05) is 17.3 Å². The third-order valence-corrected chi connectivity index (χ3v) is 6.47. The predicted octanol–water partition coefficient (Wildman–Crippen LogP) is 4.64. The minimum absolute atomic E-state index is 0.150. The molecule has 1 saturated heterocycles. The van der Waals surface area contributed by atoms with E-state index in [9.17, 15) is 13.2 Å². The number of thiophene rings is 1. The smallest absolute Gasteiger partial charge is 0.353 e. The van der Waals surface area contributed by atoms with Crippen LogP contribution in [0.5, 0.6) is 0 Å². The molecule has 1 atom stereocenters. The van der Waals surface area contributed by atoms with E-state index in [1.165, 1.54) is 6.07 Å². The molecule has 1 aliphatic heterocycles. The van der Waals surface area contributed by atoms with E-state index >= 15 is 0 Å². The van der Waals surface area contributed by atoms with Crippen LogP contribution in [0.1, 0.15) is 24.4 Å². The summed E-state index contributed by atoms with van der Waals surface area (Å²) in [4.78, 5) is 18.6. The summed E-state index contributed by atoms with van der Waals surface area (Å²) in [6.07, 6.45) is -2.83. The van der Waals surface area contributed by atoms with Gasteiger partial charge in [-0.2, -0.15) is 18.2 Å². The maximum atomic E-state index is 13.0. The number of alkyl halides is 3. The molecule has 0 aliphatic carbocycles. The van der Waals surface area contributed by atoms with Crippen molar-refractivity contribution in [1.29, 1.82) is 0 Å². The second-order valence-corrected chi connectivity index (χ2v) is 8.47. The van der Waals surface area contributed by atoms with Gasteiger partial charge >= 0.3 is 6.18 Å². The molecule has 1 aromatic carbocycles. The van der Waals surface area contributed by atoms with E-state index in [0.717, 1.165) is 54.3 Å². The molecule has 0 N–H and O–H groups in total. The van der Waals surface area contributed by atoms with E-state index in [0.29, 0.717) is 5.89 Å². The molecule has 4 aromatic rings. The van der Waals surface area contributed by atoms with Crippen LogP contribution in [0.4, 0.5) is 19.0 Å². The molecule has 32 heavy (non-hydrogen) atoms. The first-order chi connectivity index (χ1) is 15.4. The van der Waals surface area contributed by atoms with Crippen LogP contribution in [0.3, 0.4) is 0 Å². The standard InChI is InChI=1S/C21H19F3N6OS/c1-13(19-27-17(28-31-19)14-3-2-4-15(11-14)21(22,23)24)29-6-8-30(9-7-29)18-16-5-10-32-20(16)26-12-25-18/h2-5,10-13H,6-9H2,1H3/t13-/m0/s1. The van der Waals surface area contributed by atoms with Gasteiger partial charge in [0.15, 0.2) is 0 Å². The Bertz CT molecular complexity index is 1230. The Labute approximate surface area is 185 Å². The Morgan fingerprint density at radius 2 is 1.91 bits per heavy atom. The van der Waals surface area contributed by atoms with E-state index in [-0.39, 0.29) is 17.4 Å². The van der Waals surface area contributed by atoms with Crippen molar-refractivity contribution in [2.45, 2.75) is 19.1 Å². The van der Waals surface area contributed by atoms with Gasteiger partial charge in [0.2, 0.25) is 11.7 Å². The first-order valence-corrected chi connectivity index (χ1v) is 11.0. The number of fused-ring (bicyclic) bond motifs is 1. The average Bonchev–Trinajstić information content (AvgIpc) is 3.48. The van der Waals surface area contributed by atoms with Crippen molar-refractivity contribution in [3.63, 3.8) is 0 Å². The fourth-order valence-corrected chi connectivity index (χ4v) is 4.59. The summed E-state index contributed by atoms with van der Waals surface area (Å²) in [7, 11) is 0. The van der Waals surface area contributed by atoms with Crippen LogP contribution in [0.2, 0.25) is 0 Å². The Kier molecular flexibility index (Phi) is 5.30. The van der Waals surface area contributed by atoms with Crippen LogP contribution in [-0.4, -0.2) is 51.2 Å². The number of hydrogen-bond acceptors (Lipinski definition) is 8. The minimum Gasteiger partial charge on any atom is -0.353 e. The van der Waals surface area contributed by atoms with Gasteiger partial charge in [-0.25, -0.2) is 9.97 Å². The number of rotatable bonds is 4. The molecule has 166 valence electrons. The van der Waals surface area contributed by atoms with E-state index in [1.807, 2.05) is 18.4 Å². The first-order valence-electron chi connectivity index (χ1n) is 10.1. The van der Waals surface area contributed by atoms with Gasteiger partial charge in [0.25, 0.3) is 0 Å². The molecule has 4 heterocycles. The fourth-order valence-electron chi connectivity index (χ4n) is 3.86. The Hall–Kier alpha value is -3.05. The molecule has 0 spiro atoms. The normalized spacial score (nSPS) is 16.6. The maximum Gasteiger partial charge on any atom is 0.416 e. The Morgan fingerprint density at radius 1 is 1.09 bits per heavy atom. The zero-order valence-electron chi connectivity index (χ0n) is 17.1. The molecule has 0 radical (unpaired) electrons. The zero-order chi connectivity index (χ0) is 22.3. The highest BCUT2D eigenvalue weighted by atomic mass is 32.1. The second-order valence-electron chi connectivity index (χ2n) is 7.57. The SMILES string of the molecule is C[C@@H](c1nc(-c2cccc(C(F)(F)F)c2)no1)N1CCN(c2ncnc3sccc23)CC1. The van der Waals surface area contributed by atoms with E-state index in [1.54, 1.807) is 23.7 Å². The van der Waals surface area contributed by atoms with Gasteiger partial charge in [-0.05, 0) is 30.5 Å². The molecular formula is C21H19F3N6OS. The van der Waals surface area contributed by atoms with E-state index in [4.69, 9.17) is 4.52 Å². The summed E-state index contributed by atoms with van der Waals surface area (Å²) in [5.41, 5.74) is -0.467. The highest BCUT2D eigenvalue weighted by Gasteiger charge is 2.31. The van der Waals surface area contributed by atoms with Crippen molar-refractivity contribution >= 4 is 27.4 Å². The molecule has 0 unspecified atom stereocenters. The minimum atomic E-state index is -4.42. The summed E-state index contributed by atoms with van der Waals surface area (Å²) in [5, 5.41) is 6.98. The molecule has 5 rings (SSSR count). The van der Waals surface area contributed by atoms with E-state index < -0.39 is 11.7 Å². The summed E-state index contributed by atoms with van der Waals surface area (Å²) >= 11 is 1.59. The van der Waals surface area contributed by atoms with Crippen LogP contribution < -0.4 is 4.90 Å². The Balaban J connectivity index is 1.28. The molecule has 11 heteroatoms. The fraction of sp³-hybridized carbons (Fsp3) is 0.333. The Morgan fingerprint density at radius 3 is 2.69 bits per heavy atom. The first kappa shape index (κ1) is 20.8. The molecular weight excluding hydrogens is 441 g/mol. The number of halogens is 3. The van der Waals surface area contributed by atoms with Crippen molar-refractivity contribution in [3.05, 3.63) is 53.5 Å². The van der Waals surface area contributed by atoms with Crippen molar-refractivity contribution in [3.8, 4) is 11.4 Å². The molecule has 0 saturated carbocycles. The van der Waals surface area contributed by atoms with Crippen molar-refractivity contribution in [2.24, 2.45) is 0 Å². The number of benzene rings is 1.